The molecule has 0 radical (unpaired) electrons. The summed E-state index contributed by atoms with van der Waals surface area (Å²) in [7, 11) is 0. The van der Waals surface area contributed by atoms with Crippen LogP contribution < -0.4 is 0 Å². The third kappa shape index (κ3) is 2.80. The van der Waals surface area contributed by atoms with Crippen LogP contribution in [0.1, 0.15) is 23.2 Å². The molecule has 1 aromatic heterocycles. The number of carbonyl (C=O) groups is 1. The molecule has 1 saturated heterocycles. The zero-order chi connectivity index (χ0) is 14.8. The Bertz CT molecular complexity index is 639. The molecule has 6 heteroatoms. The van der Waals surface area contributed by atoms with Gasteiger partial charge in [0.1, 0.15) is 0 Å². The molecule has 3 rings (SSSR count). The largest absolute Gasteiger partial charge is 0.394 e. The molecule has 1 fully saturated rings. The number of halogens is 1. The molecule has 1 aliphatic heterocycles. The highest BCUT2D eigenvalue weighted by Gasteiger charge is 2.29. The zero-order valence-corrected chi connectivity index (χ0v) is 12.2. The highest BCUT2D eigenvalue weighted by molar-refractivity contribution is 6.30. The van der Waals surface area contributed by atoms with Gasteiger partial charge in [0.05, 0.1) is 30.1 Å². The Hall–Kier alpha value is -1.85. The van der Waals surface area contributed by atoms with E-state index >= 15 is 0 Å². The number of carbonyl (C=O) groups excluding carboxylic acids is 1. The van der Waals surface area contributed by atoms with E-state index in [2.05, 4.69) is 5.10 Å². The molecule has 1 aliphatic rings. The van der Waals surface area contributed by atoms with Crippen LogP contribution >= 0.6 is 11.6 Å². The second kappa shape index (κ2) is 5.87. The fraction of sp³-hybridized carbons (Fsp3) is 0.333. The molecule has 2 aromatic rings. The first-order valence-corrected chi connectivity index (χ1v) is 7.29. The van der Waals surface area contributed by atoms with Crippen molar-refractivity contribution in [1.29, 1.82) is 0 Å². The van der Waals surface area contributed by atoms with Crippen LogP contribution in [0.5, 0.6) is 0 Å². The van der Waals surface area contributed by atoms with E-state index in [-0.39, 0.29) is 18.6 Å². The van der Waals surface area contributed by atoms with E-state index in [1.807, 2.05) is 12.1 Å². The number of hydrogen-bond donors (Lipinski definition) is 1. The van der Waals surface area contributed by atoms with Crippen LogP contribution in [0.4, 0.5) is 0 Å². The summed E-state index contributed by atoms with van der Waals surface area (Å²) in [6, 6.07) is 7.17. The maximum atomic E-state index is 12.5. The van der Waals surface area contributed by atoms with E-state index in [9.17, 15) is 9.90 Å². The summed E-state index contributed by atoms with van der Waals surface area (Å²) < 4.78 is 1.65. The third-order valence-corrected chi connectivity index (χ3v) is 4.02. The Balaban J connectivity index is 1.81. The van der Waals surface area contributed by atoms with Crippen molar-refractivity contribution in [3.63, 3.8) is 0 Å². The second-order valence-electron chi connectivity index (χ2n) is 5.13. The van der Waals surface area contributed by atoms with Crippen LogP contribution in [0, 0.1) is 0 Å². The summed E-state index contributed by atoms with van der Waals surface area (Å²) >= 11 is 5.86. The first-order valence-electron chi connectivity index (χ1n) is 6.91. The molecule has 1 N–H and O–H groups in total. The summed E-state index contributed by atoms with van der Waals surface area (Å²) in [5.41, 5.74) is 1.38. The standard InChI is InChI=1S/C15H16ClN3O2/c16-12-3-5-13(6-4-12)19-9-11(8-17-19)15(21)18-7-1-2-14(18)10-20/h3-6,8-9,14,20H,1-2,7,10H2/t14-/m1/s1. The van der Waals surface area contributed by atoms with Crippen molar-refractivity contribution in [3.8, 4) is 5.69 Å². The van der Waals surface area contributed by atoms with Crippen molar-refractivity contribution >= 4 is 17.5 Å². The van der Waals surface area contributed by atoms with Crippen LogP contribution in [0.25, 0.3) is 5.69 Å². The van der Waals surface area contributed by atoms with Gasteiger partial charge < -0.3 is 10.0 Å². The van der Waals surface area contributed by atoms with E-state index in [0.717, 1.165) is 18.5 Å². The molecule has 5 nitrogen and oxygen atoms in total. The SMILES string of the molecule is O=C(c1cnn(-c2ccc(Cl)cc2)c1)N1CCC[C@@H]1CO. The predicted octanol–water partition coefficient (Wildman–Crippen LogP) is 2.12. The van der Waals surface area contributed by atoms with Crippen LogP contribution in [-0.4, -0.2) is 44.9 Å². The quantitative estimate of drug-likeness (QED) is 0.945. The molecule has 1 aromatic carbocycles. The molecule has 2 heterocycles. The number of likely N-dealkylation sites (tertiary alicyclic amines) is 1. The molecule has 110 valence electrons. The number of aliphatic hydroxyl groups excluding tert-OH is 1. The highest BCUT2D eigenvalue weighted by Crippen LogP contribution is 2.20. The molecule has 1 amide bonds. The maximum Gasteiger partial charge on any atom is 0.257 e. The monoisotopic (exact) mass is 305 g/mol. The lowest BCUT2D eigenvalue weighted by Gasteiger charge is -2.22. The van der Waals surface area contributed by atoms with Crippen molar-refractivity contribution < 1.29 is 9.90 Å². The van der Waals surface area contributed by atoms with Gasteiger partial charge in [-0.3, -0.25) is 4.79 Å². The second-order valence-corrected chi connectivity index (χ2v) is 5.56. The minimum Gasteiger partial charge on any atom is -0.394 e. The molecule has 21 heavy (non-hydrogen) atoms. The van der Waals surface area contributed by atoms with Crippen molar-refractivity contribution in [2.75, 3.05) is 13.2 Å². The Labute approximate surface area is 127 Å². The maximum absolute atomic E-state index is 12.5. The van der Waals surface area contributed by atoms with E-state index in [0.29, 0.717) is 17.1 Å². The van der Waals surface area contributed by atoms with Crippen molar-refractivity contribution in [2.24, 2.45) is 0 Å². The van der Waals surface area contributed by atoms with Crippen LogP contribution in [0.15, 0.2) is 36.7 Å². The predicted molar refractivity (Wildman–Crippen MR) is 79.7 cm³/mol. The molecule has 0 spiro atoms. The molecule has 0 bridgehead atoms. The van der Waals surface area contributed by atoms with Crippen LogP contribution in [0.2, 0.25) is 5.02 Å². The van der Waals surface area contributed by atoms with Gasteiger partial charge in [-0.05, 0) is 37.1 Å². The van der Waals surface area contributed by atoms with Gasteiger partial charge in [0.15, 0.2) is 0 Å². The summed E-state index contributed by atoms with van der Waals surface area (Å²) in [5.74, 6) is -0.0771. The fourth-order valence-corrected chi connectivity index (χ4v) is 2.75. The normalized spacial score (nSPS) is 18.2. The van der Waals surface area contributed by atoms with Crippen molar-refractivity contribution in [2.45, 2.75) is 18.9 Å². The molecule has 0 aliphatic carbocycles. The number of hydrogen-bond acceptors (Lipinski definition) is 3. The van der Waals surface area contributed by atoms with Crippen LogP contribution in [0.3, 0.4) is 0 Å². The average molecular weight is 306 g/mol. The lowest BCUT2D eigenvalue weighted by atomic mass is 10.2. The summed E-state index contributed by atoms with van der Waals surface area (Å²) in [6.45, 7) is 0.702. The summed E-state index contributed by atoms with van der Waals surface area (Å²) in [5, 5.41) is 14.2. The van der Waals surface area contributed by atoms with Gasteiger partial charge in [0.2, 0.25) is 0 Å². The van der Waals surface area contributed by atoms with Crippen molar-refractivity contribution in [1.82, 2.24) is 14.7 Å². The smallest absolute Gasteiger partial charge is 0.257 e. The number of rotatable bonds is 3. The molecule has 0 saturated carbocycles. The molecule has 0 unspecified atom stereocenters. The third-order valence-electron chi connectivity index (χ3n) is 3.77. The topological polar surface area (TPSA) is 58.4 Å². The van der Waals surface area contributed by atoms with E-state index in [1.54, 1.807) is 34.1 Å². The molecule has 1 atom stereocenters. The lowest BCUT2D eigenvalue weighted by molar-refractivity contribution is 0.0677. The Morgan fingerprint density at radius 3 is 2.86 bits per heavy atom. The zero-order valence-electron chi connectivity index (χ0n) is 11.4. The Morgan fingerprint density at radius 1 is 1.38 bits per heavy atom. The number of benzene rings is 1. The molecular weight excluding hydrogens is 290 g/mol. The van der Waals surface area contributed by atoms with Gasteiger partial charge in [-0.2, -0.15) is 5.10 Å². The van der Waals surface area contributed by atoms with Gasteiger partial charge in [0, 0.05) is 17.8 Å². The first-order chi connectivity index (χ1) is 10.2. The van der Waals surface area contributed by atoms with Gasteiger partial charge in [-0.25, -0.2) is 4.68 Å². The van der Waals surface area contributed by atoms with Gasteiger partial charge in [-0.15, -0.1) is 0 Å². The first kappa shape index (κ1) is 14.1. The van der Waals surface area contributed by atoms with E-state index in [4.69, 9.17) is 11.6 Å². The van der Waals surface area contributed by atoms with Gasteiger partial charge in [0.25, 0.3) is 5.91 Å². The summed E-state index contributed by atoms with van der Waals surface area (Å²) in [6.07, 6.45) is 5.05. The minimum absolute atomic E-state index is 0.0110. The van der Waals surface area contributed by atoms with Crippen LogP contribution in [-0.2, 0) is 0 Å². The number of aliphatic hydroxyl groups is 1. The van der Waals surface area contributed by atoms with E-state index < -0.39 is 0 Å². The van der Waals surface area contributed by atoms with E-state index in [1.165, 1.54) is 0 Å². The highest BCUT2D eigenvalue weighted by atomic mass is 35.5. The Kier molecular flexibility index (Phi) is 3.94. The fourth-order valence-electron chi connectivity index (χ4n) is 2.63. The number of amides is 1. The van der Waals surface area contributed by atoms with Crippen molar-refractivity contribution in [3.05, 3.63) is 47.2 Å². The Morgan fingerprint density at radius 2 is 2.14 bits per heavy atom. The molecular formula is C15H16ClN3O2. The lowest BCUT2D eigenvalue weighted by Crippen LogP contribution is -2.37. The summed E-state index contributed by atoms with van der Waals surface area (Å²) in [4.78, 5) is 14.2. The average Bonchev–Trinajstić information content (AvgIpc) is 3.16. The number of nitrogens with zero attached hydrogens (tertiary/aromatic N) is 3. The van der Waals surface area contributed by atoms with Gasteiger partial charge in [-0.1, -0.05) is 11.6 Å². The minimum atomic E-state index is -0.0771. The van der Waals surface area contributed by atoms with Gasteiger partial charge >= 0.3 is 0 Å². The number of aromatic nitrogens is 2.